The predicted octanol–water partition coefficient (Wildman–Crippen LogP) is 3.88. The van der Waals surface area contributed by atoms with E-state index in [4.69, 9.17) is 4.74 Å². The number of amides is 1. The highest BCUT2D eigenvalue weighted by Crippen LogP contribution is 2.36. The number of pyridine rings is 1. The first-order valence-electron chi connectivity index (χ1n) is 10.9. The Morgan fingerprint density at radius 1 is 1.27 bits per heavy atom. The molecule has 11 heteroatoms. The van der Waals surface area contributed by atoms with Gasteiger partial charge in [-0.2, -0.15) is 18.2 Å². The van der Waals surface area contributed by atoms with Crippen LogP contribution in [0.25, 0.3) is 0 Å². The molecule has 0 aromatic carbocycles. The van der Waals surface area contributed by atoms with Crippen molar-refractivity contribution in [3.63, 3.8) is 0 Å². The standard InChI is InChI=1S/C22H27F3N6O2/c1-11(2)18-20(32)29-17-12(3)27-21(30-19(17)31(18)4)28-14-7-13(8-14)10-33-15-5-6-16(26-9-15)22(23,24)25/h5-6,9,11,13-14,18H,7-8,10H2,1-4H3,(H,29,32)(H,27,28,30). The summed E-state index contributed by atoms with van der Waals surface area (Å²) < 4.78 is 43.4. The molecule has 1 saturated carbocycles. The Morgan fingerprint density at radius 3 is 2.61 bits per heavy atom. The van der Waals surface area contributed by atoms with Crippen molar-refractivity contribution < 1.29 is 22.7 Å². The molecule has 0 spiro atoms. The number of nitrogens with one attached hydrogen (secondary N) is 2. The monoisotopic (exact) mass is 464 g/mol. The van der Waals surface area contributed by atoms with Gasteiger partial charge in [0, 0.05) is 13.1 Å². The number of rotatable bonds is 6. The first-order chi connectivity index (χ1) is 15.5. The van der Waals surface area contributed by atoms with Crippen molar-refractivity contribution in [3.05, 3.63) is 29.7 Å². The molecule has 3 heterocycles. The molecule has 2 aromatic rings. The molecule has 0 radical (unpaired) electrons. The number of fused-ring (bicyclic) bond motifs is 1. The summed E-state index contributed by atoms with van der Waals surface area (Å²) in [6.07, 6.45) is -1.71. The number of alkyl halides is 3. The topological polar surface area (TPSA) is 92.3 Å². The third-order valence-corrected chi connectivity index (χ3v) is 6.05. The lowest BCUT2D eigenvalue weighted by Crippen LogP contribution is -2.50. The van der Waals surface area contributed by atoms with Gasteiger partial charge in [-0.05, 0) is 43.7 Å². The van der Waals surface area contributed by atoms with Crippen molar-refractivity contribution in [1.29, 1.82) is 0 Å². The molecule has 4 rings (SSSR count). The van der Waals surface area contributed by atoms with Gasteiger partial charge in [-0.3, -0.25) is 4.79 Å². The highest BCUT2D eigenvalue weighted by atomic mass is 19.4. The average molecular weight is 464 g/mol. The molecule has 2 aromatic heterocycles. The number of aryl methyl sites for hydroxylation is 1. The molecule has 2 N–H and O–H groups in total. The Balaban J connectivity index is 1.32. The number of hydrogen-bond donors (Lipinski definition) is 2. The van der Waals surface area contributed by atoms with Gasteiger partial charge in [-0.15, -0.1) is 0 Å². The molecule has 1 aliphatic carbocycles. The molecule has 8 nitrogen and oxygen atoms in total. The first kappa shape index (κ1) is 23.1. The van der Waals surface area contributed by atoms with E-state index in [1.54, 1.807) is 0 Å². The largest absolute Gasteiger partial charge is 0.492 e. The minimum atomic E-state index is -4.46. The van der Waals surface area contributed by atoms with Crippen LogP contribution >= 0.6 is 0 Å². The minimum absolute atomic E-state index is 0.0579. The fraction of sp³-hybridized carbons (Fsp3) is 0.545. The van der Waals surface area contributed by atoms with Crippen molar-refractivity contribution in [2.45, 2.75) is 51.9 Å². The van der Waals surface area contributed by atoms with E-state index < -0.39 is 11.9 Å². The second kappa shape index (κ2) is 8.68. The number of carbonyl (C=O) groups is 1. The van der Waals surface area contributed by atoms with Gasteiger partial charge >= 0.3 is 6.18 Å². The number of anilines is 3. The fourth-order valence-corrected chi connectivity index (χ4v) is 4.30. The second-order valence-corrected chi connectivity index (χ2v) is 8.99. The van der Waals surface area contributed by atoms with Crippen LogP contribution in [0.3, 0.4) is 0 Å². The molecular formula is C22H27F3N6O2. The van der Waals surface area contributed by atoms with Crippen molar-refractivity contribution in [2.24, 2.45) is 11.8 Å². The van der Waals surface area contributed by atoms with Gasteiger partial charge in [-0.1, -0.05) is 13.8 Å². The van der Waals surface area contributed by atoms with E-state index in [0.717, 1.165) is 25.1 Å². The van der Waals surface area contributed by atoms with Gasteiger partial charge in [0.15, 0.2) is 5.82 Å². The third kappa shape index (κ3) is 4.81. The summed E-state index contributed by atoms with van der Waals surface area (Å²) >= 11 is 0. The quantitative estimate of drug-likeness (QED) is 0.670. The van der Waals surface area contributed by atoms with E-state index in [1.807, 2.05) is 32.7 Å². The fourth-order valence-electron chi connectivity index (χ4n) is 4.30. The van der Waals surface area contributed by atoms with Gasteiger partial charge in [0.2, 0.25) is 11.9 Å². The zero-order valence-electron chi connectivity index (χ0n) is 18.9. The SMILES string of the molecule is Cc1nc(NC2CC(COc3ccc(C(F)(F)F)nc3)C2)nc2c1NC(=O)C(C(C)C)N2C. The number of likely N-dealkylation sites (N-methyl/N-ethyl adjacent to an activating group) is 1. The number of aromatic nitrogens is 3. The zero-order valence-corrected chi connectivity index (χ0v) is 18.9. The Hall–Kier alpha value is -3.11. The van der Waals surface area contributed by atoms with Crippen molar-refractivity contribution in [2.75, 3.05) is 29.2 Å². The van der Waals surface area contributed by atoms with E-state index in [1.165, 1.54) is 6.07 Å². The zero-order chi connectivity index (χ0) is 23.9. The molecular weight excluding hydrogens is 437 g/mol. The normalized spacial score (nSPS) is 22.5. The predicted molar refractivity (Wildman–Crippen MR) is 117 cm³/mol. The van der Waals surface area contributed by atoms with Crippen LogP contribution in [0.1, 0.15) is 38.1 Å². The van der Waals surface area contributed by atoms with Crippen LogP contribution in [0.15, 0.2) is 18.3 Å². The van der Waals surface area contributed by atoms with Crippen molar-refractivity contribution in [1.82, 2.24) is 15.0 Å². The molecule has 1 aliphatic heterocycles. The molecule has 1 amide bonds. The van der Waals surface area contributed by atoms with E-state index in [9.17, 15) is 18.0 Å². The van der Waals surface area contributed by atoms with Gasteiger partial charge in [-0.25, -0.2) is 9.97 Å². The van der Waals surface area contributed by atoms with Crippen LogP contribution in [0, 0.1) is 18.8 Å². The van der Waals surface area contributed by atoms with Crippen LogP contribution in [0.4, 0.5) is 30.6 Å². The van der Waals surface area contributed by atoms with Crippen LogP contribution in [0.2, 0.25) is 0 Å². The van der Waals surface area contributed by atoms with Gasteiger partial charge < -0.3 is 20.3 Å². The van der Waals surface area contributed by atoms with E-state index in [2.05, 4.69) is 25.6 Å². The highest BCUT2D eigenvalue weighted by molar-refractivity contribution is 6.03. The number of halogens is 3. The second-order valence-electron chi connectivity index (χ2n) is 8.99. The number of hydrogen-bond acceptors (Lipinski definition) is 7. The summed E-state index contributed by atoms with van der Waals surface area (Å²) in [5.41, 5.74) is 0.391. The lowest BCUT2D eigenvalue weighted by Gasteiger charge is -2.38. The van der Waals surface area contributed by atoms with E-state index in [0.29, 0.717) is 35.5 Å². The maximum absolute atomic E-state index is 12.6. The minimum Gasteiger partial charge on any atom is -0.492 e. The van der Waals surface area contributed by atoms with E-state index in [-0.39, 0.29) is 29.8 Å². The molecule has 1 fully saturated rings. The van der Waals surface area contributed by atoms with Crippen molar-refractivity contribution in [3.8, 4) is 5.75 Å². The van der Waals surface area contributed by atoms with Crippen LogP contribution in [-0.4, -0.2) is 46.6 Å². The molecule has 1 unspecified atom stereocenters. The van der Waals surface area contributed by atoms with Gasteiger partial charge in [0.25, 0.3) is 0 Å². The smallest absolute Gasteiger partial charge is 0.433 e. The molecule has 178 valence electrons. The maximum atomic E-state index is 12.6. The number of carbonyl (C=O) groups excluding carboxylic acids is 1. The summed E-state index contributed by atoms with van der Waals surface area (Å²) in [5, 5.41) is 6.28. The molecule has 33 heavy (non-hydrogen) atoms. The lowest BCUT2D eigenvalue weighted by atomic mass is 9.81. The average Bonchev–Trinajstić information content (AvgIpc) is 2.70. The Labute approximate surface area is 190 Å². The lowest BCUT2D eigenvalue weighted by molar-refractivity contribution is -0.141. The summed E-state index contributed by atoms with van der Waals surface area (Å²) in [5.74, 6) is 1.86. The maximum Gasteiger partial charge on any atom is 0.433 e. The van der Waals surface area contributed by atoms with E-state index >= 15 is 0 Å². The number of ether oxygens (including phenoxy) is 1. The van der Waals surface area contributed by atoms with Crippen LogP contribution < -0.4 is 20.3 Å². The summed E-state index contributed by atoms with van der Waals surface area (Å²) in [7, 11) is 1.87. The Bertz CT molecular complexity index is 1020. The van der Waals surface area contributed by atoms with Gasteiger partial charge in [0.1, 0.15) is 23.2 Å². The third-order valence-electron chi connectivity index (χ3n) is 6.05. The first-order valence-corrected chi connectivity index (χ1v) is 10.9. The van der Waals surface area contributed by atoms with Gasteiger partial charge in [0.05, 0.1) is 18.5 Å². The van der Waals surface area contributed by atoms with Crippen LogP contribution in [0.5, 0.6) is 5.75 Å². The molecule has 0 bridgehead atoms. The molecule has 2 aliphatic rings. The highest BCUT2D eigenvalue weighted by Gasteiger charge is 2.36. The Kier molecular flexibility index (Phi) is 6.06. The summed E-state index contributed by atoms with van der Waals surface area (Å²) in [4.78, 5) is 26.9. The van der Waals surface area contributed by atoms with Crippen molar-refractivity contribution >= 4 is 23.4 Å². The van der Waals surface area contributed by atoms with Crippen LogP contribution in [-0.2, 0) is 11.0 Å². The number of nitrogens with zero attached hydrogens (tertiary/aromatic N) is 4. The molecule has 0 saturated heterocycles. The summed E-state index contributed by atoms with van der Waals surface area (Å²) in [6.45, 7) is 6.23. The Morgan fingerprint density at radius 2 is 2.00 bits per heavy atom. The summed E-state index contributed by atoms with van der Waals surface area (Å²) in [6, 6.07) is 2.07. The molecule has 1 atom stereocenters.